The highest BCUT2D eigenvalue weighted by Crippen LogP contribution is 2.33. The Kier molecular flexibility index (Phi) is 5.94. The smallest absolute Gasteiger partial charge is 0.0952 e. The molecule has 0 aromatic rings. The van der Waals surface area contributed by atoms with Crippen LogP contribution in [0.3, 0.4) is 0 Å². The predicted octanol–water partition coefficient (Wildman–Crippen LogP) is 4.73. The molecule has 0 radical (unpaired) electrons. The summed E-state index contributed by atoms with van der Waals surface area (Å²) in [6.07, 6.45) is 7.93. The van der Waals surface area contributed by atoms with Gasteiger partial charge in [-0.25, -0.2) is 9.78 Å². The van der Waals surface area contributed by atoms with E-state index in [0.717, 1.165) is 24.7 Å². The zero-order valence-electron chi connectivity index (χ0n) is 12.3. The molecule has 1 atom stereocenters. The average Bonchev–Trinajstić information content (AvgIpc) is 2.26. The van der Waals surface area contributed by atoms with Gasteiger partial charge < -0.3 is 0 Å². The van der Waals surface area contributed by atoms with Gasteiger partial charge in [0.15, 0.2) is 0 Å². The summed E-state index contributed by atoms with van der Waals surface area (Å²) < 4.78 is 0. The molecule has 0 spiro atoms. The van der Waals surface area contributed by atoms with Gasteiger partial charge in [0.05, 0.1) is 11.7 Å². The minimum absolute atomic E-state index is 0.188. The van der Waals surface area contributed by atoms with Crippen LogP contribution in [0.2, 0.25) is 0 Å². The van der Waals surface area contributed by atoms with Crippen LogP contribution in [0.25, 0.3) is 0 Å². The Morgan fingerprint density at radius 3 is 2.18 bits per heavy atom. The fourth-order valence-electron chi connectivity index (χ4n) is 2.66. The van der Waals surface area contributed by atoms with Crippen molar-refractivity contribution in [2.45, 2.75) is 84.8 Å². The molecule has 0 aromatic heterocycles. The van der Waals surface area contributed by atoms with E-state index in [4.69, 9.17) is 9.78 Å². The van der Waals surface area contributed by atoms with Crippen molar-refractivity contribution in [1.82, 2.24) is 0 Å². The summed E-state index contributed by atoms with van der Waals surface area (Å²) in [7, 11) is 0. The lowest BCUT2D eigenvalue weighted by Gasteiger charge is -2.32. The zero-order valence-corrected chi connectivity index (χ0v) is 12.3. The molecule has 0 heterocycles. The van der Waals surface area contributed by atoms with Gasteiger partial charge in [-0.1, -0.05) is 26.7 Å². The summed E-state index contributed by atoms with van der Waals surface area (Å²) >= 11 is 0. The molecule has 1 saturated carbocycles. The lowest BCUT2D eigenvalue weighted by atomic mass is 9.78. The van der Waals surface area contributed by atoms with Crippen molar-refractivity contribution in [3.8, 4) is 0 Å². The summed E-state index contributed by atoms with van der Waals surface area (Å²) in [4.78, 5) is 10.9. The molecule has 0 aliphatic heterocycles. The first-order valence-corrected chi connectivity index (χ1v) is 7.27. The zero-order chi connectivity index (χ0) is 12.9. The maximum atomic E-state index is 5.54. The van der Waals surface area contributed by atoms with Crippen LogP contribution in [0.1, 0.15) is 73.1 Å². The highest BCUT2D eigenvalue weighted by Gasteiger charge is 2.26. The summed E-state index contributed by atoms with van der Waals surface area (Å²) in [5.41, 5.74) is -0.188. The molecular formula is C15H30O2. The first-order valence-electron chi connectivity index (χ1n) is 7.27. The summed E-state index contributed by atoms with van der Waals surface area (Å²) in [6, 6.07) is 0. The van der Waals surface area contributed by atoms with Crippen LogP contribution in [-0.4, -0.2) is 11.7 Å². The molecule has 0 N–H and O–H groups in total. The molecule has 17 heavy (non-hydrogen) atoms. The Morgan fingerprint density at radius 2 is 1.71 bits per heavy atom. The van der Waals surface area contributed by atoms with Crippen LogP contribution in [0.4, 0.5) is 0 Å². The summed E-state index contributed by atoms with van der Waals surface area (Å²) in [5, 5.41) is 0. The third-order valence-corrected chi connectivity index (χ3v) is 3.70. The Balaban J connectivity index is 2.21. The second-order valence-corrected chi connectivity index (χ2v) is 6.59. The number of hydrogen-bond donors (Lipinski definition) is 0. The van der Waals surface area contributed by atoms with E-state index in [2.05, 4.69) is 13.8 Å². The number of hydrogen-bond acceptors (Lipinski definition) is 2. The molecule has 2 nitrogen and oxygen atoms in total. The number of rotatable bonds is 5. The highest BCUT2D eigenvalue weighted by atomic mass is 17.2. The van der Waals surface area contributed by atoms with E-state index < -0.39 is 0 Å². The molecule has 1 aliphatic carbocycles. The van der Waals surface area contributed by atoms with Gasteiger partial charge in [-0.15, -0.1) is 0 Å². The van der Waals surface area contributed by atoms with Gasteiger partial charge in [0.1, 0.15) is 0 Å². The standard InChI is InChI=1S/C15H30O2/c1-6-7-12(2)13-8-10-14(11-9-13)16-17-15(3,4)5/h12-14H,6-11H2,1-5H3. The second-order valence-electron chi connectivity index (χ2n) is 6.59. The van der Waals surface area contributed by atoms with E-state index in [0.29, 0.717) is 6.10 Å². The monoisotopic (exact) mass is 242 g/mol. The van der Waals surface area contributed by atoms with Crippen LogP contribution in [0, 0.1) is 11.8 Å². The van der Waals surface area contributed by atoms with Gasteiger partial charge in [-0.05, 0) is 58.3 Å². The van der Waals surface area contributed by atoms with Crippen LogP contribution >= 0.6 is 0 Å². The molecule has 102 valence electrons. The Morgan fingerprint density at radius 1 is 1.12 bits per heavy atom. The molecule has 0 bridgehead atoms. The molecular weight excluding hydrogens is 212 g/mol. The van der Waals surface area contributed by atoms with E-state index in [1.807, 2.05) is 20.8 Å². The summed E-state index contributed by atoms with van der Waals surface area (Å²) in [6.45, 7) is 10.8. The molecule has 0 aromatic carbocycles. The Bertz CT molecular complexity index is 199. The largest absolute Gasteiger partial charge is 0.233 e. The highest BCUT2D eigenvalue weighted by molar-refractivity contribution is 4.75. The van der Waals surface area contributed by atoms with Crippen molar-refractivity contribution >= 4 is 0 Å². The average molecular weight is 242 g/mol. The quantitative estimate of drug-likeness (QED) is 0.512. The van der Waals surface area contributed by atoms with Gasteiger partial charge >= 0.3 is 0 Å². The lowest BCUT2D eigenvalue weighted by molar-refractivity contribution is -0.377. The van der Waals surface area contributed by atoms with E-state index in [1.165, 1.54) is 25.7 Å². The van der Waals surface area contributed by atoms with Crippen LogP contribution in [0.15, 0.2) is 0 Å². The topological polar surface area (TPSA) is 18.5 Å². The maximum absolute atomic E-state index is 5.54. The third kappa shape index (κ3) is 5.87. The third-order valence-electron chi connectivity index (χ3n) is 3.70. The fraction of sp³-hybridized carbons (Fsp3) is 1.00. The fourth-order valence-corrected chi connectivity index (χ4v) is 2.66. The van der Waals surface area contributed by atoms with Crippen LogP contribution < -0.4 is 0 Å². The molecule has 1 unspecified atom stereocenters. The van der Waals surface area contributed by atoms with Crippen molar-refractivity contribution < 1.29 is 9.78 Å². The summed E-state index contributed by atoms with van der Waals surface area (Å²) in [5.74, 6) is 1.79. The second kappa shape index (κ2) is 6.75. The van der Waals surface area contributed by atoms with E-state index in [-0.39, 0.29) is 5.60 Å². The first kappa shape index (κ1) is 15.0. The predicted molar refractivity (Wildman–Crippen MR) is 71.7 cm³/mol. The van der Waals surface area contributed by atoms with E-state index in [1.54, 1.807) is 0 Å². The van der Waals surface area contributed by atoms with Crippen molar-refractivity contribution in [3.63, 3.8) is 0 Å². The van der Waals surface area contributed by atoms with Crippen molar-refractivity contribution in [2.75, 3.05) is 0 Å². The van der Waals surface area contributed by atoms with E-state index >= 15 is 0 Å². The molecule has 0 saturated heterocycles. The van der Waals surface area contributed by atoms with Crippen molar-refractivity contribution in [3.05, 3.63) is 0 Å². The van der Waals surface area contributed by atoms with Crippen LogP contribution in [0.5, 0.6) is 0 Å². The van der Waals surface area contributed by atoms with Gasteiger partial charge in [-0.3, -0.25) is 0 Å². The maximum Gasteiger partial charge on any atom is 0.0952 e. The van der Waals surface area contributed by atoms with Gasteiger partial charge in [0.2, 0.25) is 0 Å². The van der Waals surface area contributed by atoms with Crippen molar-refractivity contribution in [2.24, 2.45) is 11.8 Å². The Hall–Kier alpha value is -0.0800. The minimum atomic E-state index is -0.188. The normalized spacial score (nSPS) is 28.1. The molecule has 1 fully saturated rings. The SMILES string of the molecule is CCCC(C)C1CCC(OOC(C)(C)C)CC1. The van der Waals surface area contributed by atoms with Crippen molar-refractivity contribution in [1.29, 1.82) is 0 Å². The van der Waals surface area contributed by atoms with Gasteiger partial charge in [0.25, 0.3) is 0 Å². The minimum Gasteiger partial charge on any atom is -0.233 e. The molecule has 0 amide bonds. The first-order chi connectivity index (χ1) is 7.92. The molecule has 1 aliphatic rings. The lowest BCUT2D eigenvalue weighted by Crippen LogP contribution is -2.29. The van der Waals surface area contributed by atoms with Gasteiger partial charge in [0, 0.05) is 0 Å². The Labute approximate surface area is 107 Å². The van der Waals surface area contributed by atoms with Gasteiger partial charge in [-0.2, -0.15) is 0 Å². The van der Waals surface area contributed by atoms with Crippen LogP contribution in [-0.2, 0) is 9.78 Å². The molecule has 1 rings (SSSR count). The molecule has 2 heteroatoms. The van der Waals surface area contributed by atoms with E-state index in [9.17, 15) is 0 Å².